The van der Waals surface area contributed by atoms with E-state index in [4.69, 9.17) is 0 Å². The van der Waals surface area contributed by atoms with Crippen LogP contribution in [0.25, 0.3) is 16.8 Å². The first-order valence-corrected chi connectivity index (χ1v) is 14.1. The van der Waals surface area contributed by atoms with Gasteiger partial charge in [0.2, 0.25) is 5.91 Å². The van der Waals surface area contributed by atoms with E-state index in [1.165, 1.54) is 30.0 Å². The molecule has 0 saturated heterocycles. The topological polar surface area (TPSA) is 87.3 Å². The predicted molar refractivity (Wildman–Crippen MR) is 167 cm³/mol. The van der Waals surface area contributed by atoms with Crippen LogP contribution in [0, 0.1) is 5.82 Å². The summed E-state index contributed by atoms with van der Waals surface area (Å²) in [7, 11) is 0. The third kappa shape index (κ3) is 7.30. The maximum atomic E-state index is 14.3. The molecule has 208 valence electrons. The van der Waals surface area contributed by atoms with E-state index < -0.39 is 17.6 Å². The molecule has 0 aliphatic heterocycles. The molecule has 0 fully saturated rings. The van der Waals surface area contributed by atoms with Gasteiger partial charge in [-0.05, 0) is 60.0 Å². The summed E-state index contributed by atoms with van der Waals surface area (Å²) in [5.74, 6) is -1.57. The second-order valence-corrected chi connectivity index (χ2v) is 10.3. The van der Waals surface area contributed by atoms with Crippen molar-refractivity contribution in [2.75, 3.05) is 16.4 Å². The number of rotatable bonds is 9. The fourth-order valence-electron chi connectivity index (χ4n) is 4.19. The largest absolute Gasteiger partial charge is 0.325 e. The van der Waals surface area contributed by atoms with E-state index in [-0.39, 0.29) is 22.9 Å². The Kier molecular flexibility index (Phi) is 9.06. The van der Waals surface area contributed by atoms with E-state index in [1.807, 2.05) is 42.5 Å². The Morgan fingerprint density at radius 1 is 0.714 bits per heavy atom. The van der Waals surface area contributed by atoms with Gasteiger partial charge in [0.1, 0.15) is 11.5 Å². The number of fused-ring (bicyclic) bond motifs is 1. The second kappa shape index (κ2) is 13.4. The summed E-state index contributed by atoms with van der Waals surface area (Å²) in [5, 5.41) is 10.3. The van der Waals surface area contributed by atoms with Gasteiger partial charge in [-0.15, -0.1) is 11.8 Å². The quantitative estimate of drug-likeness (QED) is 0.129. The van der Waals surface area contributed by atoms with Crippen molar-refractivity contribution in [3.63, 3.8) is 0 Å². The third-order valence-corrected chi connectivity index (χ3v) is 7.29. The molecule has 0 saturated carbocycles. The summed E-state index contributed by atoms with van der Waals surface area (Å²) < 4.78 is 14.3. The Balaban J connectivity index is 1.23. The Bertz CT molecular complexity index is 1770. The average Bonchev–Trinajstić information content (AvgIpc) is 3.02. The van der Waals surface area contributed by atoms with Crippen molar-refractivity contribution in [3.8, 4) is 0 Å². The number of carbonyl (C=O) groups is 3. The van der Waals surface area contributed by atoms with E-state index in [0.29, 0.717) is 11.3 Å². The van der Waals surface area contributed by atoms with Crippen molar-refractivity contribution in [2.45, 2.75) is 4.90 Å². The predicted octanol–water partition coefficient (Wildman–Crippen LogP) is 7.12. The van der Waals surface area contributed by atoms with Gasteiger partial charge >= 0.3 is 0 Å². The van der Waals surface area contributed by atoms with E-state index in [9.17, 15) is 18.8 Å². The lowest BCUT2D eigenvalue weighted by Crippen LogP contribution is -2.30. The summed E-state index contributed by atoms with van der Waals surface area (Å²) in [5.41, 5.74) is 1.63. The lowest BCUT2D eigenvalue weighted by molar-refractivity contribution is -0.114. The molecule has 0 aliphatic carbocycles. The van der Waals surface area contributed by atoms with E-state index in [2.05, 4.69) is 16.0 Å². The van der Waals surface area contributed by atoms with Crippen LogP contribution in [-0.2, 0) is 9.59 Å². The number of amides is 3. The van der Waals surface area contributed by atoms with Crippen LogP contribution in [-0.4, -0.2) is 23.5 Å². The van der Waals surface area contributed by atoms with Crippen molar-refractivity contribution in [3.05, 3.63) is 144 Å². The summed E-state index contributed by atoms with van der Waals surface area (Å²) in [4.78, 5) is 39.4. The Labute approximate surface area is 246 Å². The van der Waals surface area contributed by atoms with Crippen molar-refractivity contribution >= 4 is 57.7 Å². The molecule has 5 aromatic carbocycles. The molecule has 0 aliphatic rings. The summed E-state index contributed by atoms with van der Waals surface area (Å²) in [6.07, 6.45) is 1.30. The molecule has 0 heterocycles. The second-order valence-electron chi connectivity index (χ2n) is 9.24. The number of anilines is 2. The van der Waals surface area contributed by atoms with Crippen LogP contribution in [0.5, 0.6) is 0 Å². The average molecular weight is 576 g/mol. The van der Waals surface area contributed by atoms with E-state index >= 15 is 0 Å². The van der Waals surface area contributed by atoms with Crippen molar-refractivity contribution in [1.82, 2.24) is 5.32 Å². The minimum absolute atomic E-state index is 0.113. The summed E-state index contributed by atoms with van der Waals surface area (Å²) in [6.45, 7) is 0. The number of carbonyl (C=O) groups excluding carboxylic acids is 3. The molecule has 6 nitrogen and oxygen atoms in total. The highest BCUT2D eigenvalue weighted by molar-refractivity contribution is 8.00. The summed E-state index contributed by atoms with van der Waals surface area (Å²) >= 11 is 1.36. The third-order valence-electron chi connectivity index (χ3n) is 6.28. The molecule has 8 heteroatoms. The van der Waals surface area contributed by atoms with Crippen LogP contribution >= 0.6 is 11.8 Å². The maximum absolute atomic E-state index is 14.3. The SMILES string of the molecule is O=C(CSc1ccc(NC(=O)/C(=C/c2ccccc2F)NC(=O)c2ccccc2)cc1)Nc1cccc2ccccc12. The zero-order valence-electron chi connectivity index (χ0n) is 22.3. The van der Waals surface area contributed by atoms with Gasteiger partial charge in [-0.25, -0.2) is 4.39 Å². The number of thioether (sulfide) groups is 1. The van der Waals surface area contributed by atoms with Gasteiger partial charge in [0, 0.05) is 32.8 Å². The minimum Gasteiger partial charge on any atom is -0.325 e. The monoisotopic (exact) mass is 575 g/mol. The van der Waals surface area contributed by atoms with Gasteiger partial charge < -0.3 is 16.0 Å². The lowest BCUT2D eigenvalue weighted by Gasteiger charge is -2.12. The zero-order valence-corrected chi connectivity index (χ0v) is 23.2. The molecular weight excluding hydrogens is 549 g/mol. The van der Waals surface area contributed by atoms with Gasteiger partial charge in [0.15, 0.2) is 0 Å². The minimum atomic E-state index is -0.614. The summed E-state index contributed by atoms with van der Waals surface area (Å²) in [6, 6.07) is 35.0. The van der Waals surface area contributed by atoms with Crippen molar-refractivity contribution in [2.24, 2.45) is 0 Å². The van der Waals surface area contributed by atoms with Gasteiger partial charge in [0.05, 0.1) is 5.75 Å². The molecule has 0 unspecified atom stereocenters. The Hall–Kier alpha value is -5.21. The lowest BCUT2D eigenvalue weighted by atomic mass is 10.1. The molecule has 0 aromatic heterocycles. The first-order chi connectivity index (χ1) is 20.5. The fourth-order valence-corrected chi connectivity index (χ4v) is 4.89. The molecule has 42 heavy (non-hydrogen) atoms. The fraction of sp³-hybridized carbons (Fsp3) is 0.0294. The van der Waals surface area contributed by atoms with Crippen molar-refractivity contribution < 1.29 is 18.8 Å². The van der Waals surface area contributed by atoms with E-state index in [0.717, 1.165) is 21.4 Å². The smallest absolute Gasteiger partial charge is 0.272 e. The highest BCUT2D eigenvalue weighted by atomic mass is 32.2. The highest BCUT2D eigenvalue weighted by Crippen LogP contribution is 2.25. The maximum Gasteiger partial charge on any atom is 0.272 e. The first kappa shape index (κ1) is 28.3. The standard InChI is InChI=1S/C34H26FN3O3S/c35-29-15-7-5-12-25(29)21-31(38-33(40)24-10-2-1-3-11-24)34(41)36-26-17-19-27(20-18-26)42-22-32(39)37-30-16-8-13-23-9-4-6-14-28(23)30/h1-21H,22H2,(H,36,41)(H,37,39)(H,38,40)/b31-21-. The number of nitrogens with one attached hydrogen (secondary N) is 3. The Morgan fingerprint density at radius 3 is 2.19 bits per heavy atom. The molecule has 0 radical (unpaired) electrons. The molecular formula is C34H26FN3O3S. The van der Waals surface area contributed by atoms with Gasteiger partial charge in [-0.3, -0.25) is 14.4 Å². The number of benzene rings is 5. The highest BCUT2D eigenvalue weighted by Gasteiger charge is 2.16. The van der Waals surface area contributed by atoms with Crippen LogP contribution < -0.4 is 16.0 Å². The number of halogens is 1. The number of hydrogen-bond acceptors (Lipinski definition) is 4. The van der Waals surface area contributed by atoms with Gasteiger partial charge in [-0.1, -0.05) is 72.8 Å². The van der Waals surface area contributed by atoms with E-state index in [1.54, 1.807) is 66.7 Å². The van der Waals surface area contributed by atoms with Crippen LogP contribution in [0.2, 0.25) is 0 Å². The van der Waals surface area contributed by atoms with Crippen LogP contribution in [0.4, 0.5) is 15.8 Å². The normalized spacial score (nSPS) is 11.1. The molecule has 0 bridgehead atoms. The van der Waals surface area contributed by atoms with Crippen LogP contribution in [0.15, 0.2) is 132 Å². The van der Waals surface area contributed by atoms with Crippen LogP contribution in [0.1, 0.15) is 15.9 Å². The van der Waals surface area contributed by atoms with Crippen LogP contribution in [0.3, 0.4) is 0 Å². The molecule has 5 rings (SSSR count). The zero-order chi connectivity index (χ0) is 29.3. The van der Waals surface area contributed by atoms with Crippen molar-refractivity contribution in [1.29, 1.82) is 0 Å². The molecule has 3 N–H and O–H groups in total. The molecule has 0 atom stereocenters. The van der Waals surface area contributed by atoms with Gasteiger partial charge in [0.25, 0.3) is 11.8 Å². The first-order valence-electron chi connectivity index (χ1n) is 13.1. The Morgan fingerprint density at radius 2 is 1.40 bits per heavy atom. The molecule has 5 aromatic rings. The molecule has 0 spiro atoms. The number of hydrogen-bond donors (Lipinski definition) is 3. The molecule has 3 amide bonds. The van der Waals surface area contributed by atoms with Gasteiger partial charge in [-0.2, -0.15) is 0 Å².